The number of rotatable bonds is 5. The molecule has 0 radical (unpaired) electrons. The van der Waals surface area contributed by atoms with Gasteiger partial charge in [0.05, 0.1) is 16.3 Å². The second-order valence-corrected chi connectivity index (χ2v) is 9.98. The van der Waals surface area contributed by atoms with Crippen LogP contribution < -0.4 is 0 Å². The van der Waals surface area contributed by atoms with Crippen LogP contribution in [-0.2, 0) is 16.3 Å². The van der Waals surface area contributed by atoms with Crippen molar-refractivity contribution in [2.45, 2.75) is 25.2 Å². The predicted molar refractivity (Wildman–Crippen MR) is 127 cm³/mol. The summed E-state index contributed by atoms with van der Waals surface area (Å²) in [7, 11) is -3.20. The van der Waals surface area contributed by atoms with Gasteiger partial charge in [0.1, 0.15) is 5.82 Å². The monoisotopic (exact) mass is 450 g/mol. The number of aryl methyl sites for hydroxylation is 1. The summed E-state index contributed by atoms with van der Waals surface area (Å²) in [4.78, 5) is 5.03. The van der Waals surface area contributed by atoms with Gasteiger partial charge in [0.2, 0.25) is 0 Å². The van der Waals surface area contributed by atoms with E-state index in [1.54, 1.807) is 19.1 Å². The molecule has 0 amide bonds. The Bertz CT molecular complexity index is 1270. The van der Waals surface area contributed by atoms with Crippen LogP contribution in [0.5, 0.6) is 0 Å². The van der Waals surface area contributed by atoms with Crippen LogP contribution in [0.1, 0.15) is 19.5 Å². The summed E-state index contributed by atoms with van der Waals surface area (Å²) in [5.41, 5.74) is 5.64. The van der Waals surface area contributed by atoms with Crippen LogP contribution in [0.2, 0.25) is 5.02 Å². The summed E-state index contributed by atoms with van der Waals surface area (Å²) < 4.78 is 26.0. The zero-order valence-electron chi connectivity index (χ0n) is 17.4. The van der Waals surface area contributed by atoms with Gasteiger partial charge in [0, 0.05) is 22.5 Å². The van der Waals surface area contributed by atoms with Gasteiger partial charge in [-0.05, 0) is 66.1 Å². The number of nitrogens with zero attached hydrogens (tertiary/aromatic N) is 2. The third kappa shape index (κ3) is 4.43. The van der Waals surface area contributed by atoms with Gasteiger partial charge < -0.3 is 0 Å². The Morgan fingerprint density at radius 3 is 1.81 bits per heavy atom. The summed E-state index contributed by atoms with van der Waals surface area (Å²) in [6.45, 7) is 3.69. The molecule has 0 unspecified atom stereocenters. The first kappa shape index (κ1) is 21.3. The molecule has 0 saturated carbocycles. The summed E-state index contributed by atoms with van der Waals surface area (Å²) in [5, 5.41) is 0.673. The Labute approximate surface area is 188 Å². The quantitative estimate of drug-likeness (QED) is 0.319. The number of halogens is 1. The smallest absolute Gasteiger partial charge is 0.178 e. The van der Waals surface area contributed by atoms with Crippen LogP contribution in [0.15, 0.2) is 83.9 Å². The Balaban J connectivity index is 0.000000325. The van der Waals surface area contributed by atoms with Gasteiger partial charge in [0.15, 0.2) is 9.84 Å². The molecule has 4 nitrogen and oxygen atoms in total. The molecule has 0 spiro atoms. The van der Waals surface area contributed by atoms with E-state index in [1.165, 1.54) is 11.1 Å². The Kier molecular flexibility index (Phi) is 5.99. The van der Waals surface area contributed by atoms with E-state index >= 15 is 0 Å². The minimum atomic E-state index is -3.20. The van der Waals surface area contributed by atoms with E-state index in [0.29, 0.717) is 9.92 Å². The summed E-state index contributed by atoms with van der Waals surface area (Å²) in [6.07, 6.45) is 2.79. The van der Waals surface area contributed by atoms with E-state index in [4.69, 9.17) is 16.6 Å². The van der Waals surface area contributed by atoms with Crippen molar-refractivity contribution in [1.29, 1.82) is 0 Å². The van der Waals surface area contributed by atoms with Crippen LogP contribution >= 0.6 is 11.6 Å². The van der Waals surface area contributed by atoms with Crippen molar-refractivity contribution >= 4 is 21.4 Å². The van der Waals surface area contributed by atoms with Crippen LogP contribution in [-0.4, -0.2) is 23.7 Å². The molecule has 2 aliphatic carbocycles. The molecule has 6 heteroatoms. The fraction of sp³-hybridized carbons (Fsp3) is 0.160. The molecule has 2 aliphatic rings. The third-order valence-corrected chi connectivity index (χ3v) is 7.30. The molecule has 1 heterocycles. The van der Waals surface area contributed by atoms with Gasteiger partial charge >= 0.3 is 0 Å². The SMILES string of the molecule is CCc1cn(-c2ccc(S(=O)(=O)CC)cc2)c(-c2ccc(Cl)cc2)n1.c1cc2ccc1-2. The minimum Gasteiger partial charge on any atom is -0.300 e. The van der Waals surface area contributed by atoms with Gasteiger partial charge in [-0.2, -0.15) is 0 Å². The number of fused-ring (bicyclic) bond motifs is 1. The number of benzene rings is 3. The summed E-state index contributed by atoms with van der Waals surface area (Å²) >= 11 is 5.98. The fourth-order valence-corrected chi connectivity index (χ4v) is 4.25. The van der Waals surface area contributed by atoms with Crippen molar-refractivity contribution in [3.63, 3.8) is 0 Å². The van der Waals surface area contributed by atoms with Gasteiger partial charge in [-0.15, -0.1) is 0 Å². The van der Waals surface area contributed by atoms with Crippen molar-refractivity contribution < 1.29 is 8.42 Å². The lowest BCUT2D eigenvalue weighted by atomic mass is 9.95. The highest BCUT2D eigenvalue weighted by Gasteiger charge is 2.14. The molecule has 5 rings (SSSR count). The molecular weight excluding hydrogens is 428 g/mol. The molecule has 0 N–H and O–H groups in total. The molecule has 1 aromatic heterocycles. The molecule has 3 aromatic rings. The Morgan fingerprint density at radius 2 is 1.35 bits per heavy atom. The maximum absolute atomic E-state index is 12.0. The first-order valence-corrected chi connectivity index (χ1v) is 12.2. The van der Waals surface area contributed by atoms with E-state index < -0.39 is 9.84 Å². The molecule has 0 bridgehead atoms. The number of imidazole rings is 1. The lowest BCUT2D eigenvalue weighted by molar-refractivity contribution is 0.597. The van der Waals surface area contributed by atoms with E-state index in [-0.39, 0.29) is 5.75 Å². The normalized spacial score (nSPS) is 11.6. The second kappa shape index (κ2) is 8.69. The number of sulfone groups is 1. The maximum Gasteiger partial charge on any atom is 0.178 e. The Hall–Kier alpha value is -2.89. The lowest BCUT2D eigenvalue weighted by Crippen LogP contribution is -2.04. The van der Waals surface area contributed by atoms with Gasteiger partial charge in [-0.3, -0.25) is 4.57 Å². The molecule has 31 heavy (non-hydrogen) atoms. The van der Waals surface area contributed by atoms with Crippen LogP contribution in [0.25, 0.3) is 28.2 Å². The van der Waals surface area contributed by atoms with Crippen LogP contribution in [0, 0.1) is 0 Å². The third-order valence-electron chi connectivity index (χ3n) is 5.29. The predicted octanol–water partition coefficient (Wildman–Crippen LogP) is 6.22. The van der Waals surface area contributed by atoms with Gasteiger partial charge in [-0.1, -0.05) is 49.7 Å². The number of aromatic nitrogens is 2. The maximum atomic E-state index is 12.0. The molecule has 0 saturated heterocycles. The Morgan fingerprint density at radius 1 is 0.806 bits per heavy atom. The standard InChI is InChI=1S/C19H19ClN2O2S.C6H4/c1-3-16-13-22(19(21-16)14-5-7-15(20)8-6-14)17-9-11-18(12-10-17)25(23,24)4-2;1-2-6-4-3-5(1)6/h5-13H,3-4H2,1-2H3;1-4H. The number of hydrogen-bond acceptors (Lipinski definition) is 3. The highest BCUT2D eigenvalue weighted by Crippen LogP contribution is 2.29. The van der Waals surface area contributed by atoms with Crippen LogP contribution in [0.4, 0.5) is 0 Å². The number of hydrogen-bond donors (Lipinski definition) is 0. The zero-order chi connectivity index (χ0) is 22.0. The molecule has 0 fully saturated rings. The van der Waals surface area contributed by atoms with Crippen molar-refractivity contribution in [1.82, 2.24) is 9.55 Å². The molecule has 158 valence electrons. The molecule has 2 aromatic carbocycles. The average Bonchev–Trinajstić information content (AvgIpc) is 3.22. The summed E-state index contributed by atoms with van der Waals surface area (Å²) in [5.74, 6) is 0.896. The van der Waals surface area contributed by atoms with Gasteiger partial charge in [0.25, 0.3) is 0 Å². The first-order chi connectivity index (χ1) is 14.9. The highest BCUT2D eigenvalue weighted by atomic mass is 35.5. The van der Waals surface area contributed by atoms with Crippen molar-refractivity contribution in [2.24, 2.45) is 0 Å². The zero-order valence-corrected chi connectivity index (χ0v) is 19.0. The lowest BCUT2D eigenvalue weighted by Gasteiger charge is -2.10. The van der Waals surface area contributed by atoms with E-state index in [0.717, 1.165) is 29.2 Å². The van der Waals surface area contributed by atoms with E-state index in [1.807, 2.05) is 47.2 Å². The fourth-order valence-electron chi connectivity index (χ4n) is 3.24. The average molecular weight is 451 g/mol. The van der Waals surface area contributed by atoms with E-state index in [2.05, 4.69) is 31.2 Å². The molecule has 0 atom stereocenters. The molecule has 0 aliphatic heterocycles. The second-order valence-electron chi connectivity index (χ2n) is 7.26. The van der Waals surface area contributed by atoms with Crippen molar-refractivity contribution in [2.75, 3.05) is 5.75 Å². The van der Waals surface area contributed by atoms with Crippen molar-refractivity contribution in [3.8, 4) is 28.2 Å². The topological polar surface area (TPSA) is 52.0 Å². The minimum absolute atomic E-state index is 0.0907. The van der Waals surface area contributed by atoms with Crippen molar-refractivity contribution in [3.05, 3.63) is 89.7 Å². The van der Waals surface area contributed by atoms with E-state index in [9.17, 15) is 8.42 Å². The van der Waals surface area contributed by atoms with Gasteiger partial charge in [-0.25, -0.2) is 13.4 Å². The summed E-state index contributed by atoms with van der Waals surface area (Å²) in [6, 6.07) is 22.9. The molecular formula is C25H23ClN2O2S. The highest BCUT2D eigenvalue weighted by molar-refractivity contribution is 7.91. The largest absolute Gasteiger partial charge is 0.300 e. The van der Waals surface area contributed by atoms with Crippen LogP contribution in [0.3, 0.4) is 0 Å². The first-order valence-electron chi connectivity index (χ1n) is 10.2.